The molecule has 10 heavy (non-hydrogen) atoms. The first-order valence-corrected chi connectivity index (χ1v) is 3.64. The molecule has 1 atom stereocenters. The lowest BCUT2D eigenvalue weighted by atomic mass is 10.1. The van der Waals surface area contributed by atoms with Crippen molar-refractivity contribution in [2.75, 3.05) is 0 Å². The lowest BCUT2D eigenvalue weighted by Gasteiger charge is -2.03. The average Bonchev–Trinajstić information content (AvgIpc) is 1.87. The molecule has 58 valence electrons. The van der Waals surface area contributed by atoms with E-state index in [1.807, 2.05) is 13.0 Å². The molecule has 0 saturated carbocycles. The van der Waals surface area contributed by atoms with Crippen molar-refractivity contribution in [1.82, 2.24) is 0 Å². The summed E-state index contributed by atoms with van der Waals surface area (Å²) in [5.74, 6) is 0.712. The molecule has 0 aromatic carbocycles. The van der Waals surface area contributed by atoms with Gasteiger partial charge in [-0.2, -0.15) is 0 Å². The first kappa shape index (κ1) is 9.28. The molecule has 0 bridgehead atoms. The molecular weight excluding hydrogens is 124 g/mol. The molecule has 0 aromatic rings. The zero-order valence-electron chi connectivity index (χ0n) is 7.02. The van der Waals surface area contributed by atoms with Gasteiger partial charge < -0.3 is 5.11 Å². The van der Waals surface area contributed by atoms with E-state index in [1.54, 1.807) is 0 Å². The third-order valence-corrected chi connectivity index (χ3v) is 1.63. The Labute approximate surface area is 63.1 Å². The maximum atomic E-state index is 8.90. The molecule has 0 aliphatic rings. The van der Waals surface area contributed by atoms with E-state index in [-0.39, 0.29) is 5.76 Å². The Morgan fingerprint density at radius 1 is 1.70 bits per heavy atom. The van der Waals surface area contributed by atoms with Crippen LogP contribution in [0.25, 0.3) is 0 Å². The second kappa shape index (κ2) is 4.15. The Morgan fingerprint density at radius 2 is 2.20 bits per heavy atom. The fourth-order valence-electron chi connectivity index (χ4n) is 0.641. The minimum Gasteiger partial charge on any atom is -0.508 e. The fourth-order valence-corrected chi connectivity index (χ4v) is 0.641. The predicted molar refractivity (Wildman–Crippen MR) is 45.0 cm³/mol. The van der Waals surface area contributed by atoms with E-state index < -0.39 is 0 Å². The largest absolute Gasteiger partial charge is 0.508 e. The first-order chi connectivity index (χ1) is 4.57. The van der Waals surface area contributed by atoms with E-state index in [9.17, 15) is 0 Å². The van der Waals surface area contributed by atoms with Crippen LogP contribution in [0.5, 0.6) is 0 Å². The van der Waals surface area contributed by atoms with E-state index in [0.29, 0.717) is 5.92 Å². The first-order valence-electron chi connectivity index (χ1n) is 3.64. The monoisotopic (exact) mass is 140 g/mol. The summed E-state index contributed by atoms with van der Waals surface area (Å²) in [7, 11) is 0. The van der Waals surface area contributed by atoms with Gasteiger partial charge in [0.2, 0.25) is 0 Å². The highest BCUT2D eigenvalue weighted by Crippen LogP contribution is 2.10. The quantitative estimate of drug-likeness (QED) is 0.472. The van der Waals surface area contributed by atoms with Crippen molar-refractivity contribution < 1.29 is 5.11 Å². The zero-order chi connectivity index (χ0) is 8.15. The minimum atomic E-state index is 0.181. The summed E-state index contributed by atoms with van der Waals surface area (Å²) >= 11 is 0. The second-order valence-corrected chi connectivity index (χ2v) is 2.68. The van der Waals surface area contributed by atoms with E-state index in [2.05, 4.69) is 20.4 Å². The SMILES string of the molecule is C=C(O)/C(C)=C/C(C)CC. The molecule has 0 fully saturated rings. The molecule has 0 amide bonds. The summed E-state index contributed by atoms with van der Waals surface area (Å²) in [6.45, 7) is 9.54. The second-order valence-electron chi connectivity index (χ2n) is 2.68. The molecule has 0 saturated heterocycles. The molecule has 0 aliphatic carbocycles. The van der Waals surface area contributed by atoms with Gasteiger partial charge in [0.15, 0.2) is 0 Å². The smallest absolute Gasteiger partial charge is 0.111 e. The summed E-state index contributed by atoms with van der Waals surface area (Å²) < 4.78 is 0. The van der Waals surface area contributed by atoms with Crippen LogP contribution < -0.4 is 0 Å². The van der Waals surface area contributed by atoms with E-state index in [0.717, 1.165) is 12.0 Å². The fraction of sp³-hybridized carbons (Fsp3) is 0.556. The molecule has 1 unspecified atom stereocenters. The van der Waals surface area contributed by atoms with Gasteiger partial charge in [-0.05, 0) is 18.4 Å². The highest BCUT2D eigenvalue weighted by molar-refractivity contribution is 5.19. The third kappa shape index (κ3) is 3.33. The molecule has 0 spiro atoms. The number of aliphatic hydroxyl groups is 1. The molecule has 1 N–H and O–H groups in total. The number of rotatable bonds is 3. The summed E-state index contributed by atoms with van der Waals surface area (Å²) in [5, 5.41) is 8.90. The maximum Gasteiger partial charge on any atom is 0.111 e. The van der Waals surface area contributed by atoms with Crippen LogP contribution in [-0.2, 0) is 0 Å². The van der Waals surface area contributed by atoms with Crippen LogP contribution in [0.15, 0.2) is 24.0 Å². The average molecular weight is 140 g/mol. The summed E-state index contributed by atoms with van der Waals surface area (Å²) in [6.07, 6.45) is 3.13. The van der Waals surface area contributed by atoms with Crippen molar-refractivity contribution in [3.63, 3.8) is 0 Å². The molecule has 0 aliphatic heterocycles. The zero-order valence-corrected chi connectivity index (χ0v) is 7.02. The van der Waals surface area contributed by atoms with Gasteiger partial charge in [-0.3, -0.25) is 0 Å². The predicted octanol–water partition coefficient (Wildman–Crippen LogP) is 3.05. The van der Waals surface area contributed by atoms with Gasteiger partial charge in [-0.25, -0.2) is 0 Å². The molecule has 0 rings (SSSR count). The van der Waals surface area contributed by atoms with Crippen molar-refractivity contribution in [2.24, 2.45) is 5.92 Å². The Kier molecular flexibility index (Phi) is 3.85. The van der Waals surface area contributed by atoms with Gasteiger partial charge in [0.25, 0.3) is 0 Å². The van der Waals surface area contributed by atoms with Crippen LogP contribution >= 0.6 is 0 Å². The van der Waals surface area contributed by atoms with Gasteiger partial charge in [0.05, 0.1) is 0 Å². The van der Waals surface area contributed by atoms with Crippen molar-refractivity contribution in [3.05, 3.63) is 24.0 Å². The van der Waals surface area contributed by atoms with Crippen LogP contribution in [0, 0.1) is 5.92 Å². The Hall–Kier alpha value is -0.720. The van der Waals surface area contributed by atoms with Gasteiger partial charge in [0.1, 0.15) is 5.76 Å². The van der Waals surface area contributed by atoms with Crippen LogP contribution in [-0.4, -0.2) is 5.11 Å². The number of allylic oxidation sites excluding steroid dienone is 2. The van der Waals surface area contributed by atoms with Crippen molar-refractivity contribution >= 4 is 0 Å². The normalized spacial score (nSPS) is 14.9. The highest BCUT2D eigenvalue weighted by Gasteiger charge is 1.96. The molecule has 0 heterocycles. The van der Waals surface area contributed by atoms with E-state index >= 15 is 0 Å². The van der Waals surface area contributed by atoms with Crippen LogP contribution in [0.4, 0.5) is 0 Å². The topological polar surface area (TPSA) is 20.2 Å². The number of hydrogen-bond donors (Lipinski definition) is 1. The molecule has 0 aromatic heterocycles. The third-order valence-electron chi connectivity index (χ3n) is 1.63. The van der Waals surface area contributed by atoms with Crippen LogP contribution in [0.3, 0.4) is 0 Å². The number of aliphatic hydroxyl groups excluding tert-OH is 1. The molecular formula is C9H16O. The summed E-state index contributed by atoms with van der Waals surface area (Å²) in [5.41, 5.74) is 0.884. The van der Waals surface area contributed by atoms with Gasteiger partial charge in [-0.1, -0.05) is 32.9 Å². The lowest BCUT2D eigenvalue weighted by Crippen LogP contribution is -1.89. The van der Waals surface area contributed by atoms with E-state index in [1.165, 1.54) is 0 Å². The number of hydrogen-bond acceptors (Lipinski definition) is 1. The van der Waals surface area contributed by atoms with Gasteiger partial charge >= 0.3 is 0 Å². The Morgan fingerprint density at radius 3 is 2.50 bits per heavy atom. The van der Waals surface area contributed by atoms with Crippen molar-refractivity contribution in [2.45, 2.75) is 27.2 Å². The highest BCUT2D eigenvalue weighted by atomic mass is 16.3. The Balaban J connectivity index is 4.02. The van der Waals surface area contributed by atoms with Crippen LogP contribution in [0.2, 0.25) is 0 Å². The minimum absolute atomic E-state index is 0.181. The Bertz CT molecular complexity index is 145. The van der Waals surface area contributed by atoms with Crippen molar-refractivity contribution in [1.29, 1.82) is 0 Å². The van der Waals surface area contributed by atoms with Gasteiger partial charge in [0, 0.05) is 0 Å². The summed E-state index contributed by atoms with van der Waals surface area (Å²) in [6, 6.07) is 0. The lowest BCUT2D eigenvalue weighted by molar-refractivity contribution is 0.425. The maximum absolute atomic E-state index is 8.90. The van der Waals surface area contributed by atoms with E-state index in [4.69, 9.17) is 5.11 Å². The molecule has 1 heteroatoms. The standard InChI is InChI=1S/C9H16O/c1-5-7(2)6-8(3)9(4)10/h6-7,10H,4-5H2,1-3H3/b8-6+. The van der Waals surface area contributed by atoms with Crippen LogP contribution in [0.1, 0.15) is 27.2 Å². The van der Waals surface area contributed by atoms with Crippen molar-refractivity contribution in [3.8, 4) is 0 Å². The van der Waals surface area contributed by atoms with Gasteiger partial charge in [-0.15, -0.1) is 0 Å². The molecule has 0 radical (unpaired) electrons. The summed E-state index contributed by atoms with van der Waals surface area (Å²) in [4.78, 5) is 0. The molecule has 1 nitrogen and oxygen atoms in total.